The fourth-order valence-electron chi connectivity index (χ4n) is 5.82. The van der Waals surface area contributed by atoms with Crippen LogP contribution in [0.15, 0.2) is 24.4 Å². The largest absolute Gasteiger partial charge is 0.462 e. The van der Waals surface area contributed by atoms with Gasteiger partial charge >= 0.3 is 6.01 Å². The number of nitrogens with zero attached hydrogens (tertiary/aromatic N) is 6. The Bertz CT molecular complexity index is 1590. The molecule has 6 rings (SSSR count). The van der Waals surface area contributed by atoms with Gasteiger partial charge in [-0.05, 0) is 45.0 Å². The molecule has 0 radical (unpaired) electrons. The van der Waals surface area contributed by atoms with E-state index in [1.165, 1.54) is 4.90 Å². The van der Waals surface area contributed by atoms with Crippen molar-refractivity contribution in [2.24, 2.45) is 7.05 Å². The molecule has 0 unspecified atom stereocenters. The topological polar surface area (TPSA) is 71.3 Å². The number of alkyl halides is 2. The van der Waals surface area contributed by atoms with Crippen LogP contribution in [0.4, 0.5) is 19.0 Å². The van der Waals surface area contributed by atoms with Crippen LogP contribution in [0.1, 0.15) is 18.4 Å². The van der Waals surface area contributed by atoms with Crippen LogP contribution in [0.25, 0.3) is 32.9 Å². The Morgan fingerprint density at radius 2 is 2.00 bits per heavy atom. The van der Waals surface area contributed by atoms with Crippen molar-refractivity contribution in [1.29, 1.82) is 0 Å². The maximum absolute atomic E-state index is 16.7. The minimum absolute atomic E-state index is 0.0294. The zero-order valence-corrected chi connectivity index (χ0v) is 23.4. The van der Waals surface area contributed by atoms with Crippen molar-refractivity contribution in [2.75, 3.05) is 51.3 Å². The summed E-state index contributed by atoms with van der Waals surface area (Å²) in [4.78, 5) is 12.7. The van der Waals surface area contributed by atoms with Gasteiger partial charge in [0.15, 0.2) is 5.82 Å². The number of anilines is 1. The summed E-state index contributed by atoms with van der Waals surface area (Å²) in [6.45, 7) is 2.70. The van der Waals surface area contributed by atoms with E-state index in [1.807, 2.05) is 26.1 Å². The number of ether oxygens (including phenoxy) is 1. The summed E-state index contributed by atoms with van der Waals surface area (Å²) < 4.78 is 53.7. The lowest BCUT2D eigenvalue weighted by Crippen LogP contribution is -2.39. The van der Waals surface area contributed by atoms with Gasteiger partial charge in [0.25, 0.3) is 5.92 Å². The van der Waals surface area contributed by atoms with Crippen LogP contribution < -0.4 is 15.0 Å². The number of aromatic nitrogens is 4. The van der Waals surface area contributed by atoms with E-state index in [4.69, 9.17) is 16.3 Å². The molecule has 0 aliphatic carbocycles. The molecule has 212 valence electrons. The highest BCUT2D eigenvalue weighted by molar-refractivity contribution is 6.35. The van der Waals surface area contributed by atoms with Crippen LogP contribution in [-0.2, 0) is 7.05 Å². The van der Waals surface area contributed by atoms with E-state index in [-0.39, 0.29) is 45.9 Å². The number of benzene rings is 2. The molecular formula is C28H31ClF3N7O. The Hall–Kier alpha value is -3.15. The van der Waals surface area contributed by atoms with Gasteiger partial charge < -0.3 is 19.9 Å². The maximum atomic E-state index is 16.7. The van der Waals surface area contributed by atoms with Crippen molar-refractivity contribution in [3.63, 3.8) is 0 Å². The maximum Gasteiger partial charge on any atom is 0.319 e. The summed E-state index contributed by atoms with van der Waals surface area (Å²) in [6.07, 6.45) is 3.73. The van der Waals surface area contributed by atoms with Crippen molar-refractivity contribution >= 4 is 39.2 Å². The molecule has 2 aromatic carbocycles. The van der Waals surface area contributed by atoms with E-state index < -0.39 is 24.8 Å². The van der Waals surface area contributed by atoms with E-state index in [9.17, 15) is 8.78 Å². The van der Waals surface area contributed by atoms with Crippen LogP contribution in [0.2, 0.25) is 5.02 Å². The van der Waals surface area contributed by atoms with Gasteiger partial charge in [-0.15, -0.1) is 0 Å². The Morgan fingerprint density at radius 3 is 2.77 bits per heavy atom. The standard InChI is InChI=1S/C28H31ClF3N7O/c1-16-6-7-17-12-34-38(3)25(17)21(16)22-20(29)11-19-24(23(22)30)35-27(40-13-18-5-4-9-37(18)2)36-26(19)39-10-8-33-14-28(31,32)15-39/h6-7,11-12,18,33H,4-5,8-10,13-15H2,1-3H3/t18-/m0/s1. The highest BCUT2D eigenvalue weighted by atomic mass is 35.5. The monoisotopic (exact) mass is 573 g/mol. The molecule has 4 aromatic rings. The first-order chi connectivity index (χ1) is 19.1. The van der Waals surface area contributed by atoms with Crippen molar-refractivity contribution in [3.05, 3.63) is 40.8 Å². The molecule has 2 saturated heterocycles. The lowest BCUT2D eigenvalue weighted by molar-refractivity contribution is 0.0156. The quantitative estimate of drug-likeness (QED) is 0.368. The van der Waals surface area contributed by atoms with Crippen LogP contribution >= 0.6 is 11.6 Å². The van der Waals surface area contributed by atoms with Crippen LogP contribution in [0.5, 0.6) is 6.01 Å². The predicted molar refractivity (Wildman–Crippen MR) is 150 cm³/mol. The summed E-state index contributed by atoms with van der Waals surface area (Å²) >= 11 is 6.80. The summed E-state index contributed by atoms with van der Waals surface area (Å²) in [5.41, 5.74) is 2.29. The average Bonchev–Trinajstić information content (AvgIpc) is 3.44. The number of aryl methyl sites for hydroxylation is 2. The molecular weight excluding hydrogens is 543 g/mol. The number of hydrogen-bond donors (Lipinski definition) is 1. The van der Waals surface area contributed by atoms with Gasteiger partial charge in [0.1, 0.15) is 17.9 Å². The summed E-state index contributed by atoms with van der Waals surface area (Å²) in [6, 6.07) is 5.51. The lowest BCUT2D eigenvalue weighted by atomic mass is 9.96. The van der Waals surface area contributed by atoms with E-state index >= 15 is 4.39 Å². The third kappa shape index (κ3) is 4.84. The van der Waals surface area contributed by atoms with Crippen LogP contribution in [-0.4, -0.2) is 83.0 Å². The van der Waals surface area contributed by atoms with Crippen molar-refractivity contribution in [3.8, 4) is 17.1 Å². The van der Waals surface area contributed by atoms with Crippen molar-refractivity contribution < 1.29 is 17.9 Å². The lowest BCUT2D eigenvalue weighted by Gasteiger charge is -2.27. The first-order valence-electron chi connectivity index (χ1n) is 13.4. The smallest absolute Gasteiger partial charge is 0.319 e. The van der Waals surface area contributed by atoms with E-state index in [0.29, 0.717) is 18.7 Å². The Labute approximate surface area is 235 Å². The minimum atomic E-state index is -3.00. The predicted octanol–water partition coefficient (Wildman–Crippen LogP) is 4.80. The number of likely N-dealkylation sites (tertiary alicyclic amines) is 1. The molecule has 2 aromatic heterocycles. The Morgan fingerprint density at radius 1 is 1.18 bits per heavy atom. The Kier molecular flexibility index (Phi) is 7.00. The molecule has 1 N–H and O–H groups in total. The first kappa shape index (κ1) is 27.0. The van der Waals surface area contributed by atoms with E-state index in [1.54, 1.807) is 24.0 Å². The third-order valence-electron chi connectivity index (χ3n) is 7.94. The van der Waals surface area contributed by atoms with Gasteiger partial charge in [-0.25, -0.2) is 13.2 Å². The van der Waals surface area contributed by atoms with Crippen LogP contribution in [0, 0.1) is 12.7 Å². The van der Waals surface area contributed by atoms with E-state index in [2.05, 4.69) is 25.3 Å². The van der Waals surface area contributed by atoms with Crippen LogP contribution in [0.3, 0.4) is 0 Å². The van der Waals surface area contributed by atoms with E-state index in [0.717, 1.165) is 35.9 Å². The fourth-order valence-corrected chi connectivity index (χ4v) is 6.11. The third-order valence-corrected chi connectivity index (χ3v) is 8.24. The van der Waals surface area contributed by atoms with Gasteiger partial charge in [0, 0.05) is 48.1 Å². The second-order valence-electron chi connectivity index (χ2n) is 10.8. The summed E-state index contributed by atoms with van der Waals surface area (Å²) in [7, 11) is 3.81. The molecule has 2 fully saturated rings. The van der Waals surface area contributed by atoms with Gasteiger partial charge in [-0.2, -0.15) is 15.1 Å². The normalized spacial score (nSPS) is 20.0. The molecule has 0 saturated carbocycles. The highest BCUT2D eigenvalue weighted by Crippen LogP contribution is 2.42. The zero-order chi connectivity index (χ0) is 28.2. The SMILES string of the molecule is Cc1ccc2cnn(C)c2c1-c1c(Cl)cc2c(N3CCNCC(F)(F)C3)nc(OC[C@@H]3CCCN3C)nc2c1F. The molecule has 0 bridgehead atoms. The fraction of sp³-hybridized carbons (Fsp3) is 0.464. The number of nitrogens with one attached hydrogen (secondary N) is 1. The van der Waals surface area contributed by atoms with Gasteiger partial charge in [-0.3, -0.25) is 4.68 Å². The molecule has 12 heteroatoms. The summed E-state index contributed by atoms with van der Waals surface area (Å²) in [5, 5.41) is 8.33. The number of fused-ring (bicyclic) bond motifs is 2. The molecule has 0 amide bonds. The molecule has 0 spiro atoms. The molecule has 1 atom stereocenters. The molecule has 4 heterocycles. The molecule has 8 nitrogen and oxygen atoms in total. The second-order valence-corrected chi connectivity index (χ2v) is 11.2. The minimum Gasteiger partial charge on any atom is -0.462 e. The number of rotatable bonds is 5. The molecule has 2 aliphatic rings. The molecule has 2 aliphatic heterocycles. The van der Waals surface area contributed by atoms with Crippen molar-refractivity contribution in [1.82, 2.24) is 30.0 Å². The van der Waals surface area contributed by atoms with Gasteiger partial charge in [-0.1, -0.05) is 23.7 Å². The average molecular weight is 574 g/mol. The second kappa shape index (κ2) is 10.4. The highest BCUT2D eigenvalue weighted by Gasteiger charge is 2.35. The van der Waals surface area contributed by atoms with Gasteiger partial charge in [0.2, 0.25) is 0 Å². The van der Waals surface area contributed by atoms with Crippen molar-refractivity contribution in [2.45, 2.75) is 31.7 Å². The first-order valence-corrected chi connectivity index (χ1v) is 13.8. The summed E-state index contributed by atoms with van der Waals surface area (Å²) in [5.74, 6) is -3.49. The molecule has 40 heavy (non-hydrogen) atoms. The zero-order valence-electron chi connectivity index (χ0n) is 22.6. The Balaban J connectivity index is 1.54. The number of likely N-dealkylation sites (N-methyl/N-ethyl adjacent to an activating group) is 1. The van der Waals surface area contributed by atoms with Gasteiger partial charge in [0.05, 0.1) is 29.8 Å². The number of hydrogen-bond acceptors (Lipinski definition) is 7. The number of halogens is 4.